The lowest BCUT2D eigenvalue weighted by molar-refractivity contribution is 0.174. The summed E-state index contributed by atoms with van der Waals surface area (Å²) in [5, 5.41) is 8.37. The molecule has 3 nitrogen and oxygen atoms in total. The second-order valence-corrected chi connectivity index (χ2v) is 3.40. The molecule has 68 valence electrons. The Bertz CT molecular complexity index is 158. The maximum Gasteiger partial charge on any atom is 0.0635 e. The largest absolute Gasteiger partial charge is 0.381 e. The van der Waals surface area contributed by atoms with Gasteiger partial charge in [-0.3, -0.25) is 0 Å². The molecular formula is C9H16N2O. The molecule has 1 heterocycles. The highest BCUT2D eigenvalue weighted by atomic mass is 16.5. The molecule has 0 radical (unpaired) electrons. The van der Waals surface area contributed by atoms with Crippen LogP contribution in [0.4, 0.5) is 0 Å². The minimum Gasteiger partial charge on any atom is -0.381 e. The molecule has 0 aliphatic carbocycles. The van der Waals surface area contributed by atoms with Crippen LogP contribution in [0.15, 0.2) is 0 Å². The maximum atomic E-state index is 8.37. The van der Waals surface area contributed by atoms with Gasteiger partial charge in [0.25, 0.3) is 0 Å². The van der Waals surface area contributed by atoms with E-state index in [0.29, 0.717) is 12.3 Å². The van der Waals surface area contributed by atoms with Gasteiger partial charge in [-0.15, -0.1) is 0 Å². The summed E-state index contributed by atoms with van der Waals surface area (Å²) in [5.74, 6) is 0.689. The first-order chi connectivity index (χ1) is 5.83. The van der Waals surface area contributed by atoms with Crippen LogP contribution in [0.1, 0.15) is 12.8 Å². The number of hydrogen-bond acceptors (Lipinski definition) is 3. The number of rotatable bonds is 4. The standard InChI is InChI=1S/C9H16N2O/c1-11(5-2-4-10)7-9-3-6-12-8-9/h9H,2-3,5-8H2,1H3. The fourth-order valence-electron chi connectivity index (χ4n) is 1.50. The third kappa shape index (κ3) is 3.21. The lowest BCUT2D eigenvalue weighted by Crippen LogP contribution is -2.26. The van der Waals surface area contributed by atoms with E-state index in [9.17, 15) is 0 Å². The van der Waals surface area contributed by atoms with Crippen molar-refractivity contribution in [3.05, 3.63) is 0 Å². The molecule has 0 N–H and O–H groups in total. The van der Waals surface area contributed by atoms with Gasteiger partial charge in [0, 0.05) is 26.1 Å². The van der Waals surface area contributed by atoms with Crippen LogP contribution in [0.5, 0.6) is 0 Å². The maximum absolute atomic E-state index is 8.37. The van der Waals surface area contributed by atoms with Crippen molar-refractivity contribution in [3.8, 4) is 6.07 Å². The highest BCUT2D eigenvalue weighted by Crippen LogP contribution is 2.12. The molecule has 1 aliphatic heterocycles. The van der Waals surface area contributed by atoms with Crippen molar-refractivity contribution < 1.29 is 4.74 Å². The summed E-state index contributed by atoms with van der Waals surface area (Å²) in [6, 6.07) is 2.15. The number of nitriles is 1. The predicted molar refractivity (Wildman–Crippen MR) is 46.7 cm³/mol. The zero-order chi connectivity index (χ0) is 8.81. The van der Waals surface area contributed by atoms with Crippen molar-refractivity contribution in [2.45, 2.75) is 12.8 Å². The SMILES string of the molecule is CN(CCC#N)CC1CCOC1. The lowest BCUT2D eigenvalue weighted by Gasteiger charge is -2.18. The van der Waals surface area contributed by atoms with E-state index in [1.807, 2.05) is 0 Å². The van der Waals surface area contributed by atoms with E-state index in [1.165, 1.54) is 6.42 Å². The average Bonchev–Trinajstić information content (AvgIpc) is 2.53. The smallest absolute Gasteiger partial charge is 0.0635 e. The van der Waals surface area contributed by atoms with Crippen molar-refractivity contribution in [1.29, 1.82) is 5.26 Å². The van der Waals surface area contributed by atoms with Crippen molar-refractivity contribution in [3.63, 3.8) is 0 Å². The summed E-state index contributed by atoms with van der Waals surface area (Å²) in [6.45, 7) is 3.77. The molecule has 1 saturated heterocycles. The molecule has 1 aliphatic rings. The summed E-state index contributed by atoms with van der Waals surface area (Å²) in [4.78, 5) is 2.21. The zero-order valence-electron chi connectivity index (χ0n) is 7.62. The van der Waals surface area contributed by atoms with Crippen LogP contribution in [0, 0.1) is 17.2 Å². The molecule has 0 aromatic carbocycles. The van der Waals surface area contributed by atoms with Crippen LogP contribution < -0.4 is 0 Å². The molecule has 0 amide bonds. The van der Waals surface area contributed by atoms with Crippen molar-refractivity contribution >= 4 is 0 Å². The average molecular weight is 168 g/mol. The highest BCUT2D eigenvalue weighted by Gasteiger charge is 2.16. The molecule has 0 aromatic rings. The highest BCUT2D eigenvalue weighted by molar-refractivity contribution is 4.73. The second-order valence-electron chi connectivity index (χ2n) is 3.40. The summed E-state index contributed by atoms with van der Waals surface area (Å²) >= 11 is 0. The van der Waals surface area contributed by atoms with E-state index >= 15 is 0 Å². The van der Waals surface area contributed by atoms with Gasteiger partial charge in [-0.1, -0.05) is 0 Å². The Morgan fingerprint density at radius 3 is 3.08 bits per heavy atom. The first-order valence-corrected chi connectivity index (χ1v) is 4.46. The van der Waals surface area contributed by atoms with E-state index in [-0.39, 0.29) is 0 Å². The Morgan fingerprint density at radius 1 is 1.67 bits per heavy atom. The van der Waals surface area contributed by atoms with Gasteiger partial charge in [-0.05, 0) is 19.4 Å². The number of ether oxygens (including phenoxy) is 1. The minimum atomic E-state index is 0.629. The van der Waals surface area contributed by atoms with Gasteiger partial charge in [0.05, 0.1) is 12.7 Å². The molecule has 1 fully saturated rings. The molecule has 0 aromatic heterocycles. The molecule has 12 heavy (non-hydrogen) atoms. The van der Waals surface area contributed by atoms with E-state index in [1.54, 1.807) is 0 Å². The topological polar surface area (TPSA) is 36.3 Å². The van der Waals surface area contributed by atoms with E-state index in [0.717, 1.165) is 26.3 Å². The third-order valence-electron chi connectivity index (χ3n) is 2.20. The van der Waals surface area contributed by atoms with Crippen LogP contribution in [-0.2, 0) is 4.74 Å². The Morgan fingerprint density at radius 2 is 2.50 bits per heavy atom. The quantitative estimate of drug-likeness (QED) is 0.625. The number of hydrogen-bond donors (Lipinski definition) is 0. The summed E-state index contributed by atoms with van der Waals surface area (Å²) in [7, 11) is 2.07. The molecule has 3 heteroatoms. The normalized spacial score (nSPS) is 22.9. The molecule has 0 spiro atoms. The van der Waals surface area contributed by atoms with Crippen LogP contribution in [0.3, 0.4) is 0 Å². The molecule has 1 unspecified atom stereocenters. The monoisotopic (exact) mass is 168 g/mol. The van der Waals surface area contributed by atoms with Gasteiger partial charge in [-0.25, -0.2) is 0 Å². The summed E-state index contributed by atoms with van der Waals surface area (Å²) < 4.78 is 5.27. The summed E-state index contributed by atoms with van der Waals surface area (Å²) in [6.07, 6.45) is 1.81. The van der Waals surface area contributed by atoms with E-state index in [4.69, 9.17) is 10.00 Å². The lowest BCUT2D eigenvalue weighted by atomic mass is 10.1. The Hall–Kier alpha value is -0.590. The zero-order valence-corrected chi connectivity index (χ0v) is 7.62. The van der Waals surface area contributed by atoms with Gasteiger partial charge >= 0.3 is 0 Å². The predicted octanol–water partition coefficient (Wildman–Crippen LogP) is 0.868. The van der Waals surface area contributed by atoms with Gasteiger partial charge in [0.15, 0.2) is 0 Å². The van der Waals surface area contributed by atoms with Crippen molar-refractivity contribution in [1.82, 2.24) is 4.90 Å². The van der Waals surface area contributed by atoms with Crippen LogP contribution in [0.25, 0.3) is 0 Å². The van der Waals surface area contributed by atoms with Crippen LogP contribution in [-0.4, -0.2) is 38.3 Å². The van der Waals surface area contributed by atoms with Crippen LogP contribution >= 0.6 is 0 Å². The van der Waals surface area contributed by atoms with E-state index in [2.05, 4.69) is 18.0 Å². The van der Waals surface area contributed by atoms with Gasteiger partial charge < -0.3 is 9.64 Å². The molecule has 0 bridgehead atoms. The second kappa shape index (κ2) is 5.13. The molecule has 1 rings (SSSR count). The third-order valence-corrected chi connectivity index (χ3v) is 2.20. The Kier molecular flexibility index (Phi) is 4.06. The fraction of sp³-hybridized carbons (Fsp3) is 0.889. The van der Waals surface area contributed by atoms with Gasteiger partial charge in [0.1, 0.15) is 0 Å². The van der Waals surface area contributed by atoms with Gasteiger partial charge in [0.2, 0.25) is 0 Å². The molecule has 0 saturated carbocycles. The van der Waals surface area contributed by atoms with Crippen molar-refractivity contribution in [2.24, 2.45) is 5.92 Å². The summed E-state index contributed by atoms with van der Waals surface area (Å²) in [5.41, 5.74) is 0. The van der Waals surface area contributed by atoms with E-state index < -0.39 is 0 Å². The first-order valence-electron chi connectivity index (χ1n) is 4.46. The fourth-order valence-corrected chi connectivity index (χ4v) is 1.50. The Labute approximate surface area is 73.9 Å². The first kappa shape index (κ1) is 9.50. The van der Waals surface area contributed by atoms with Crippen molar-refractivity contribution in [2.75, 3.05) is 33.4 Å². The minimum absolute atomic E-state index is 0.629. The molecule has 1 atom stereocenters. The van der Waals surface area contributed by atoms with Gasteiger partial charge in [-0.2, -0.15) is 5.26 Å². The van der Waals surface area contributed by atoms with Crippen LogP contribution in [0.2, 0.25) is 0 Å². The Balaban J connectivity index is 2.08. The molecular weight excluding hydrogens is 152 g/mol. The number of nitrogens with zero attached hydrogens (tertiary/aromatic N) is 2.